The zero-order chi connectivity index (χ0) is 30.7. The van der Waals surface area contributed by atoms with Crippen LogP contribution in [0.2, 0.25) is 10.0 Å². The number of benzene rings is 2. The first-order valence-electron chi connectivity index (χ1n) is 13.0. The Morgan fingerprint density at radius 3 is 2.49 bits per heavy atom. The third-order valence-corrected chi connectivity index (χ3v) is 7.32. The number of methoxy groups -OCH3 is 2. The monoisotopic (exact) mass is 618 g/mol. The highest BCUT2D eigenvalue weighted by Gasteiger charge is 2.22. The number of halogens is 2. The van der Waals surface area contributed by atoms with Crippen molar-refractivity contribution in [3.8, 4) is 22.8 Å². The average molecular weight is 620 g/mol. The Labute approximate surface area is 257 Å². The van der Waals surface area contributed by atoms with Crippen LogP contribution in [0.3, 0.4) is 0 Å². The Morgan fingerprint density at radius 1 is 1.09 bits per heavy atom. The van der Waals surface area contributed by atoms with Gasteiger partial charge in [0.15, 0.2) is 5.82 Å². The molecule has 0 spiro atoms. The maximum absolute atomic E-state index is 12.0. The quantitative estimate of drug-likeness (QED) is 0.149. The van der Waals surface area contributed by atoms with E-state index in [1.54, 1.807) is 35.3 Å². The first kappa shape index (κ1) is 29.6. The Balaban J connectivity index is 1.63. The van der Waals surface area contributed by atoms with E-state index < -0.39 is 0 Å². The first-order valence-corrected chi connectivity index (χ1v) is 13.8. The van der Waals surface area contributed by atoms with Gasteiger partial charge in [-0.15, -0.1) is 0 Å². The van der Waals surface area contributed by atoms with E-state index in [0.29, 0.717) is 63.3 Å². The van der Waals surface area contributed by atoms with Gasteiger partial charge in [-0.25, -0.2) is 15.0 Å². The molecule has 0 aliphatic rings. The molecule has 11 nitrogen and oxygen atoms in total. The fraction of sp³-hybridized carbons (Fsp3) is 0.167. The van der Waals surface area contributed by atoms with Crippen LogP contribution < -0.4 is 25.4 Å². The van der Waals surface area contributed by atoms with Crippen LogP contribution in [0.4, 0.5) is 23.1 Å². The molecule has 3 N–H and O–H groups in total. The molecule has 220 valence electrons. The number of pyridine rings is 1. The smallest absolute Gasteiger partial charge is 0.247 e. The minimum Gasteiger partial charge on any atom is -0.495 e. The second kappa shape index (κ2) is 12.6. The van der Waals surface area contributed by atoms with E-state index >= 15 is 0 Å². The maximum atomic E-state index is 12.0. The van der Waals surface area contributed by atoms with Crippen LogP contribution in [0, 0.1) is 6.92 Å². The molecule has 0 fully saturated rings. The summed E-state index contributed by atoms with van der Waals surface area (Å²) in [5.74, 6) is 1.20. The minimum atomic E-state index is -0.335. The zero-order valence-electron chi connectivity index (χ0n) is 23.8. The number of fused-ring (bicyclic) bond motifs is 1. The summed E-state index contributed by atoms with van der Waals surface area (Å²) in [6.07, 6.45) is 6.54. The number of para-hydroxylation sites is 1. The van der Waals surface area contributed by atoms with Crippen LogP contribution in [0.15, 0.2) is 61.6 Å². The van der Waals surface area contributed by atoms with Gasteiger partial charge >= 0.3 is 0 Å². The molecule has 5 rings (SSSR count). The first-order chi connectivity index (χ1) is 20.7. The predicted molar refractivity (Wildman–Crippen MR) is 170 cm³/mol. The van der Waals surface area contributed by atoms with Gasteiger partial charge in [0.25, 0.3) is 0 Å². The molecular weight excluding hydrogens is 591 g/mol. The Hall–Kier alpha value is -4.87. The largest absolute Gasteiger partial charge is 0.495 e. The maximum Gasteiger partial charge on any atom is 0.247 e. The number of anilines is 4. The van der Waals surface area contributed by atoms with Gasteiger partial charge in [0.2, 0.25) is 11.9 Å². The molecule has 5 aromatic rings. The number of ether oxygens (including phenoxy) is 2. The molecule has 3 heterocycles. The summed E-state index contributed by atoms with van der Waals surface area (Å²) in [6, 6.07) is 8.95. The third-order valence-electron chi connectivity index (χ3n) is 6.57. The van der Waals surface area contributed by atoms with Gasteiger partial charge in [-0.05, 0) is 30.7 Å². The molecule has 0 saturated carbocycles. The van der Waals surface area contributed by atoms with Gasteiger partial charge in [0.1, 0.15) is 17.0 Å². The van der Waals surface area contributed by atoms with Gasteiger partial charge in [-0.2, -0.15) is 5.10 Å². The topological polar surface area (TPSA) is 128 Å². The summed E-state index contributed by atoms with van der Waals surface area (Å²) in [7, 11) is 4.87. The van der Waals surface area contributed by atoms with Crippen LogP contribution in [-0.2, 0) is 18.4 Å². The lowest BCUT2D eigenvalue weighted by molar-refractivity contribution is -0.111. The Kier molecular flexibility index (Phi) is 8.65. The minimum absolute atomic E-state index is 0.284. The molecule has 2 aromatic carbocycles. The van der Waals surface area contributed by atoms with Gasteiger partial charge in [0, 0.05) is 48.6 Å². The molecule has 13 heteroatoms. The summed E-state index contributed by atoms with van der Waals surface area (Å²) in [5, 5.41) is 14.9. The standard InChI is InChI=1S/C30H28Cl2N8O3/c1-6-23(41)36-19-9-7-8-16(2)27(19)38-30-34-14-18-10-20(24-25(31)21(42-4)11-22(43-5)26(24)32)37-29(28(18)39-30)33-12-17-13-35-40(3)15-17/h6-11,13-15H,1,12H2,2-5H3,(H,33,37)(H,36,41)(H,34,38,39). The van der Waals surface area contributed by atoms with Crippen molar-refractivity contribution >= 4 is 63.2 Å². The van der Waals surface area contributed by atoms with Crippen molar-refractivity contribution in [2.75, 3.05) is 30.2 Å². The van der Waals surface area contributed by atoms with Crippen molar-refractivity contribution in [2.24, 2.45) is 7.05 Å². The SMILES string of the molecule is C=CC(=O)Nc1cccc(C)c1Nc1ncc2cc(-c3c(Cl)c(OC)cc(OC)c3Cl)nc(NCc3cnn(C)c3)c2n1. The number of nitrogens with one attached hydrogen (secondary N) is 3. The number of carbonyl (C=O) groups is 1. The van der Waals surface area contributed by atoms with E-state index in [0.717, 1.165) is 11.1 Å². The van der Waals surface area contributed by atoms with Crippen molar-refractivity contribution in [2.45, 2.75) is 13.5 Å². The molecule has 0 radical (unpaired) electrons. The number of carbonyl (C=O) groups excluding carboxylic acids is 1. The van der Waals surface area contributed by atoms with Gasteiger partial charge in [-0.1, -0.05) is 41.9 Å². The highest BCUT2D eigenvalue weighted by molar-refractivity contribution is 6.41. The van der Waals surface area contributed by atoms with Crippen molar-refractivity contribution in [3.63, 3.8) is 0 Å². The fourth-order valence-corrected chi connectivity index (χ4v) is 5.14. The summed E-state index contributed by atoms with van der Waals surface area (Å²) < 4.78 is 12.6. The average Bonchev–Trinajstić information content (AvgIpc) is 3.42. The van der Waals surface area contributed by atoms with Gasteiger partial charge < -0.3 is 25.4 Å². The van der Waals surface area contributed by atoms with Crippen molar-refractivity contribution in [1.82, 2.24) is 24.7 Å². The van der Waals surface area contributed by atoms with E-state index in [2.05, 4.69) is 32.6 Å². The normalized spacial score (nSPS) is 10.8. The molecule has 0 aliphatic heterocycles. The number of amides is 1. The number of nitrogens with zero attached hydrogens (tertiary/aromatic N) is 5. The fourth-order valence-electron chi connectivity index (χ4n) is 4.44. The lowest BCUT2D eigenvalue weighted by atomic mass is 10.1. The predicted octanol–water partition coefficient (Wildman–Crippen LogP) is 6.54. The van der Waals surface area contributed by atoms with E-state index in [1.807, 2.05) is 32.3 Å². The van der Waals surface area contributed by atoms with Crippen molar-refractivity contribution in [3.05, 3.63) is 82.7 Å². The summed E-state index contributed by atoms with van der Waals surface area (Å²) in [5.41, 5.74) is 4.47. The van der Waals surface area contributed by atoms with Crippen LogP contribution in [0.5, 0.6) is 11.5 Å². The summed E-state index contributed by atoms with van der Waals surface area (Å²) >= 11 is 13.5. The zero-order valence-corrected chi connectivity index (χ0v) is 25.3. The molecule has 0 saturated heterocycles. The van der Waals surface area contributed by atoms with Gasteiger partial charge in [0.05, 0.1) is 47.5 Å². The Morgan fingerprint density at radius 2 is 1.84 bits per heavy atom. The number of hydrogen-bond donors (Lipinski definition) is 3. The second-order valence-electron chi connectivity index (χ2n) is 9.46. The number of hydrogen-bond acceptors (Lipinski definition) is 9. The third kappa shape index (κ3) is 6.18. The number of aromatic nitrogens is 5. The molecule has 0 unspecified atom stereocenters. The number of aryl methyl sites for hydroxylation is 2. The van der Waals surface area contributed by atoms with Crippen LogP contribution in [0.25, 0.3) is 22.2 Å². The van der Waals surface area contributed by atoms with E-state index in [1.165, 1.54) is 20.3 Å². The molecule has 0 atom stereocenters. The lowest BCUT2D eigenvalue weighted by Crippen LogP contribution is -2.11. The van der Waals surface area contributed by atoms with Crippen LogP contribution in [0.1, 0.15) is 11.1 Å². The molecule has 0 aliphatic carbocycles. The molecule has 43 heavy (non-hydrogen) atoms. The van der Waals surface area contributed by atoms with Crippen LogP contribution in [-0.4, -0.2) is 44.9 Å². The van der Waals surface area contributed by atoms with E-state index in [9.17, 15) is 4.79 Å². The highest BCUT2D eigenvalue weighted by Crippen LogP contribution is 2.46. The van der Waals surface area contributed by atoms with Crippen LogP contribution >= 0.6 is 23.2 Å². The second-order valence-corrected chi connectivity index (χ2v) is 10.2. The van der Waals surface area contributed by atoms with Crippen molar-refractivity contribution in [1.29, 1.82) is 0 Å². The van der Waals surface area contributed by atoms with Gasteiger partial charge in [-0.3, -0.25) is 9.48 Å². The summed E-state index contributed by atoms with van der Waals surface area (Å²) in [6.45, 7) is 5.87. The van der Waals surface area contributed by atoms with E-state index in [-0.39, 0.29) is 16.0 Å². The molecule has 1 amide bonds. The Bertz CT molecular complexity index is 1830. The highest BCUT2D eigenvalue weighted by atomic mass is 35.5. The molecular formula is C30H28Cl2N8O3. The lowest BCUT2D eigenvalue weighted by Gasteiger charge is -2.17. The molecule has 0 bridgehead atoms. The number of rotatable bonds is 10. The van der Waals surface area contributed by atoms with E-state index in [4.69, 9.17) is 42.6 Å². The van der Waals surface area contributed by atoms with Crippen molar-refractivity contribution < 1.29 is 14.3 Å². The molecule has 3 aromatic heterocycles. The summed E-state index contributed by atoms with van der Waals surface area (Å²) in [4.78, 5) is 26.3.